The van der Waals surface area contributed by atoms with Gasteiger partial charge < -0.3 is 4.52 Å². The van der Waals surface area contributed by atoms with E-state index < -0.39 is 26.6 Å². The average molecular weight is 350 g/mol. The van der Waals surface area contributed by atoms with Crippen molar-refractivity contribution in [3.63, 3.8) is 0 Å². The number of nitrogens with zero attached hydrogens (tertiary/aromatic N) is 1. The molecule has 3 aromatic rings. The predicted octanol–water partition coefficient (Wildman–Crippen LogP) is 3.24. The normalized spacial score (nSPS) is 11.7. The van der Waals surface area contributed by atoms with Gasteiger partial charge in [-0.15, -0.1) is 0 Å². The first-order valence-electron chi connectivity index (χ1n) is 6.83. The lowest BCUT2D eigenvalue weighted by Gasteiger charge is -2.08. The van der Waals surface area contributed by atoms with E-state index in [-0.39, 0.29) is 16.9 Å². The monoisotopic (exact) mass is 350 g/mol. The van der Waals surface area contributed by atoms with E-state index in [9.17, 15) is 17.2 Å². The summed E-state index contributed by atoms with van der Waals surface area (Å²) in [5, 5.41) is 8.78. The molecule has 0 atom stereocenters. The van der Waals surface area contributed by atoms with Crippen molar-refractivity contribution in [3.8, 4) is 22.4 Å². The van der Waals surface area contributed by atoms with E-state index in [1.165, 1.54) is 0 Å². The Labute approximate surface area is 136 Å². The number of hydrogen-bond acceptors (Lipinski definition) is 4. The molecule has 3 rings (SSSR count). The van der Waals surface area contributed by atoms with Crippen LogP contribution in [0.4, 0.5) is 8.78 Å². The van der Waals surface area contributed by atoms with Gasteiger partial charge in [-0.3, -0.25) is 0 Å². The third-order valence-electron chi connectivity index (χ3n) is 3.51. The minimum absolute atomic E-state index is 0.155. The van der Waals surface area contributed by atoms with E-state index in [4.69, 9.17) is 9.66 Å². The largest absolute Gasteiger partial charge is 0.360 e. The highest BCUT2D eigenvalue weighted by atomic mass is 32.2. The Morgan fingerprint density at radius 2 is 1.75 bits per heavy atom. The molecule has 2 aromatic carbocycles. The van der Waals surface area contributed by atoms with Gasteiger partial charge in [0.05, 0.1) is 5.56 Å². The number of hydrogen-bond donors (Lipinski definition) is 1. The molecule has 0 spiro atoms. The van der Waals surface area contributed by atoms with E-state index in [1.54, 1.807) is 37.3 Å². The highest BCUT2D eigenvalue weighted by Gasteiger charge is 2.24. The van der Waals surface area contributed by atoms with Crippen LogP contribution in [0.5, 0.6) is 0 Å². The van der Waals surface area contributed by atoms with Crippen molar-refractivity contribution >= 4 is 10.0 Å². The number of aryl methyl sites for hydroxylation is 1. The first-order chi connectivity index (χ1) is 11.3. The lowest BCUT2D eigenvalue weighted by molar-refractivity contribution is 0.400. The maximum atomic E-state index is 14.4. The highest BCUT2D eigenvalue weighted by molar-refractivity contribution is 7.89. The molecule has 124 valence electrons. The van der Waals surface area contributed by atoms with Gasteiger partial charge in [-0.1, -0.05) is 35.5 Å². The van der Waals surface area contributed by atoms with Crippen LogP contribution in [-0.2, 0) is 10.0 Å². The third-order valence-corrected chi connectivity index (χ3v) is 4.43. The first kappa shape index (κ1) is 16.3. The molecule has 0 unspecified atom stereocenters. The number of halogens is 2. The summed E-state index contributed by atoms with van der Waals surface area (Å²) in [6.45, 7) is 1.56. The smallest absolute Gasteiger partial charge is 0.241 e. The molecule has 0 aliphatic carbocycles. The van der Waals surface area contributed by atoms with Crippen LogP contribution in [0.2, 0.25) is 0 Å². The van der Waals surface area contributed by atoms with Gasteiger partial charge in [0.2, 0.25) is 10.0 Å². The fourth-order valence-electron chi connectivity index (χ4n) is 2.42. The summed E-state index contributed by atoms with van der Waals surface area (Å²) >= 11 is 0. The highest BCUT2D eigenvalue weighted by Crippen LogP contribution is 2.36. The number of benzene rings is 2. The Morgan fingerprint density at radius 1 is 1.08 bits per heavy atom. The van der Waals surface area contributed by atoms with Crippen molar-refractivity contribution in [1.29, 1.82) is 0 Å². The van der Waals surface area contributed by atoms with Crippen LogP contribution in [0.1, 0.15) is 5.76 Å². The molecule has 0 aliphatic heterocycles. The maximum Gasteiger partial charge on any atom is 0.241 e. The second-order valence-corrected chi connectivity index (χ2v) is 6.67. The molecule has 0 fully saturated rings. The van der Waals surface area contributed by atoms with Crippen molar-refractivity contribution in [3.05, 3.63) is 59.9 Å². The molecule has 8 heteroatoms. The Morgan fingerprint density at radius 3 is 2.38 bits per heavy atom. The summed E-state index contributed by atoms with van der Waals surface area (Å²) < 4.78 is 56.3. The summed E-state index contributed by atoms with van der Waals surface area (Å²) in [5.41, 5.74) is 1.07. The Bertz CT molecular complexity index is 1020. The Hall–Kier alpha value is -2.58. The Balaban J connectivity index is 2.25. The predicted molar refractivity (Wildman–Crippen MR) is 83.4 cm³/mol. The number of sulfonamides is 1. The molecule has 0 aliphatic rings. The summed E-state index contributed by atoms with van der Waals surface area (Å²) in [7, 11) is -4.37. The van der Waals surface area contributed by atoms with Gasteiger partial charge in [0, 0.05) is 11.1 Å². The lowest BCUT2D eigenvalue weighted by atomic mass is 9.99. The topological polar surface area (TPSA) is 86.2 Å². The van der Waals surface area contributed by atoms with Gasteiger partial charge in [-0.05, 0) is 19.1 Å². The van der Waals surface area contributed by atoms with Crippen molar-refractivity contribution in [2.75, 3.05) is 0 Å². The van der Waals surface area contributed by atoms with E-state index in [2.05, 4.69) is 5.16 Å². The second-order valence-electron chi connectivity index (χ2n) is 5.14. The van der Waals surface area contributed by atoms with Gasteiger partial charge in [-0.2, -0.15) is 0 Å². The van der Waals surface area contributed by atoms with E-state index in [1.807, 2.05) is 0 Å². The van der Waals surface area contributed by atoms with Crippen LogP contribution in [0.3, 0.4) is 0 Å². The summed E-state index contributed by atoms with van der Waals surface area (Å²) in [6.07, 6.45) is 0. The van der Waals surface area contributed by atoms with Crippen molar-refractivity contribution in [2.45, 2.75) is 11.8 Å². The number of primary sulfonamides is 1. The zero-order valence-electron chi connectivity index (χ0n) is 12.5. The van der Waals surface area contributed by atoms with E-state index in [0.29, 0.717) is 17.3 Å². The molecular formula is C16H12F2N2O3S. The molecular weight excluding hydrogens is 338 g/mol. The fourth-order valence-corrected chi connectivity index (χ4v) is 3.02. The van der Waals surface area contributed by atoms with Gasteiger partial charge in [0.15, 0.2) is 0 Å². The van der Waals surface area contributed by atoms with Crippen molar-refractivity contribution in [2.24, 2.45) is 5.14 Å². The standard InChI is InChI=1S/C16H12F2N2O3S/c1-9-15(16(20-23-9)10-5-3-2-4-6-10)11-7-13(18)14(8-12(11)17)24(19,21)22/h2-8H,1H3,(H2,19,21,22). The third kappa shape index (κ3) is 2.81. The molecule has 2 N–H and O–H groups in total. The zero-order chi connectivity index (χ0) is 17.5. The molecule has 0 amide bonds. The maximum absolute atomic E-state index is 14.4. The van der Waals surface area contributed by atoms with Crippen LogP contribution < -0.4 is 5.14 Å². The second kappa shape index (κ2) is 5.81. The summed E-state index contributed by atoms with van der Waals surface area (Å²) in [5.74, 6) is -1.81. The quantitative estimate of drug-likeness (QED) is 0.786. The molecule has 0 bridgehead atoms. The van der Waals surface area contributed by atoms with Gasteiger partial charge in [0.25, 0.3) is 0 Å². The van der Waals surface area contributed by atoms with Crippen molar-refractivity contribution < 1.29 is 21.7 Å². The first-order valence-corrected chi connectivity index (χ1v) is 8.37. The summed E-state index contributed by atoms with van der Waals surface area (Å²) in [6, 6.07) is 10.2. The van der Waals surface area contributed by atoms with E-state index in [0.717, 1.165) is 6.07 Å². The molecule has 0 radical (unpaired) electrons. The number of nitrogens with two attached hydrogens (primary N) is 1. The zero-order valence-corrected chi connectivity index (χ0v) is 13.3. The Kier molecular flexibility index (Phi) is 3.94. The van der Waals surface area contributed by atoms with Crippen LogP contribution in [0.25, 0.3) is 22.4 Å². The molecule has 0 saturated heterocycles. The van der Waals surface area contributed by atoms with Gasteiger partial charge >= 0.3 is 0 Å². The van der Waals surface area contributed by atoms with Crippen LogP contribution in [0, 0.1) is 18.6 Å². The number of rotatable bonds is 3. The minimum Gasteiger partial charge on any atom is -0.360 e. The van der Waals surface area contributed by atoms with Crippen LogP contribution >= 0.6 is 0 Å². The van der Waals surface area contributed by atoms with Crippen molar-refractivity contribution in [1.82, 2.24) is 5.16 Å². The molecule has 5 nitrogen and oxygen atoms in total. The summed E-state index contributed by atoms with van der Waals surface area (Å²) in [4.78, 5) is -0.904. The van der Waals surface area contributed by atoms with Crippen LogP contribution in [-0.4, -0.2) is 13.6 Å². The van der Waals surface area contributed by atoms with Crippen LogP contribution in [0.15, 0.2) is 51.9 Å². The van der Waals surface area contributed by atoms with Gasteiger partial charge in [-0.25, -0.2) is 22.3 Å². The molecule has 0 saturated carbocycles. The minimum atomic E-state index is -4.37. The SMILES string of the molecule is Cc1onc(-c2ccccc2)c1-c1cc(F)c(S(N)(=O)=O)cc1F. The average Bonchev–Trinajstić information content (AvgIpc) is 2.90. The molecule has 1 heterocycles. The molecule has 24 heavy (non-hydrogen) atoms. The lowest BCUT2D eigenvalue weighted by Crippen LogP contribution is -2.14. The number of aromatic nitrogens is 1. The van der Waals surface area contributed by atoms with Gasteiger partial charge in [0.1, 0.15) is 28.0 Å². The fraction of sp³-hybridized carbons (Fsp3) is 0.0625. The van der Waals surface area contributed by atoms with E-state index >= 15 is 0 Å². The molecule has 1 aromatic heterocycles.